The van der Waals surface area contributed by atoms with Gasteiger partial charge < -0.3 is 10.2 Å². The highest BCUT2D eigenvalue weighted by Gasteiger charge is 2.16. The van der Waals surface area contributed by atoms with E-state index in [-0.39, 0.29) is 5.91 Å². The number of benzene rings is 1. The van der Waals surface area contributed by atoms with E-state index in [1.165, 1.54) is 24.0 Å². The van der Waals surface area contributed by atoms with Gasteiger partial charge in [-0.1, -0.05) is 31.2 Å². The smallest absolute Gasteiger partial charge is 0.221 e. The number of nitrogens with one attached hydrogen (secondary N) is 1. The summed E-state index contributed by atoms with van der Waals surface area (Å²) < 4.78 is 0. The van der Waals surface area contributed by atoms with Gasteiger partial charge in [-0.3, -0.25) is 4.79 Å². The Morgan fingerprint density at radius 1 is 1.30 bits per heavy atom. The van der Waals surface area contributed by atoms with Crippen molar-refractivity contribution in [3.63, 3.8) is 0 Å². The molecule has 2 rings (SSSR count). The first kappa shape index (κ1) is 15.0. The molecule has 1 aliphatic rings. The molecular weight excluding hydrogens is 248 g/mol. The van der Waals surface area contributed by atoms with Crippen LogP contribution in [0.25, 0.3) is 0 Å². The number of carbonyl (C=O) groups excluding carboxylic acids is 1. The predicted octanol–water partition coefficient (Wildman–Crippen LogP) is 2.73. The normalized spacial score (nSPS) is 17.1. The second-order valence-corrected chi connectivity index (χ2v) is 5.98. The summed E-state index contributed by atoms with van der Waals surface area (Å²) in [4.78, 5) is 14.3. The molecule has 1 aromatic rings. The van der Waals surface area contributed by atoms with Gasteiger partial charge in [0.15, 0.2) is 0 Å². The maximum absolute atomic E-state index is 11.9. The van der Waals surface area contributed by atoms with Gasteiger partial charge in [0.1, 0.15) is 0 Å². The molecule has 1 aromatic carbocycles. The van der Waals surface area contributed by atoms with Crippen molar-refractivity contribution in [3.8, 4) is 0 Å². The van der Waals surface area contributed by atoms with Crippen LogP contribution in [0.1, 0.15) is 37.3 Å². The number of hydrogen-bond acceptors (Lipinski definition) is 2. The Kier molecular flexibility index (Phi) is 5.60. The summed E-state index contributed by atoms with van der Waals surface area (Å²) in [5, 5.41) is 3.02. The topological polar surface area (TPSA) is 32.3 Å². The van der Waals surface area contributed by atoms with Crippen LogP contribution in [0.5, 0.6) is 0 Å². The number of aryl methyl sites for hydroxylation is 1. The largest absolute Gasteiger partial charge is 0.352 e. The highest BCUT2D eigenvalue weighted by molar-refractivity contribution is 5.76. The van der Waals surface area contributed by atoms with E-state index < -0.39 is 0 Å². The molecule has 1 N–H and O–H groups in total. The number of carbonyl (C=O) groups is 1. The monoisotopic (exact) mass is 274 g/mol. The van der Waals surface area contributed by atoms with Gasteiger partial charge in [0.2, 0.25) is 5.91 Å². The first-order chi connectivity index (χ1) is 9.65. The third kappa shape index (κ3) is 4.64. The highest BCUT2D eigenvalue weighted by Crippen LogP contribution is 2.15. The first-order valence-electron chi connectivity index (χ1n) is 7.68. The second kappa shape index (κ2) is 7.44. The molecule has 0 aromatic heterocycles. The van der Waals surface area contributed by atoms with E-state index in [0.29, 0.717) is 13.0 Å². The zero-order valence-electron chi connectivity index (χ0n) is 12.7. The molecule has 0 aliphatic carbocycles. The predicted molar refractivity (Wildman–Crippen MR) is 82.5 cm³/mol. The second-order valence-electron chi connectivity index (χ2n) is 5.98. The SMILES string of the molecule is Cc1ccccc1CNC(=O)CCN1CCC(C)CC1. The summed E-state index contributed by atoms with van der Waals surface area (Å²) in [6.07, 6.45) is 3.15. The molecule has 3 nitrogen and oxygen atoms in total. The van der Waals surface area contributed by atoms with Crippen molar-refractivity contribution in [1.29, 1.82) is 0 Å². The van der Waals surface area contributed by atoms with E-state index in [0.717, 1.165) is 25.6 Å². The van der Waals surface area contributed by atoms with E-state index in [4.69, 9.17) is 0 Å². The summed E-state index contributed by atoms with van der Waals surface area (Å²) >= 11 is 0. The molecule has 1 aliphatic heterocycles. The Morgan fingerprint density at radius 2 is 2.00 bits per heavy atom. The molecule has 0 saturated carbocycles. The van der Waals surface area contributed by atoms with Gasteiger partial charge >= 0.3 is 0 Å². The van der Waals surface area contributed by atoms with Crippen LogP contribution in [0, 0.1) is 12.8 Å². The van der Waals surface area contributed by atoms with Crippen molar-refractivity contribution in [1.82, 2.24) is 10.2 Å². The van der Waals surface area contributed by atoms with Gasteiger partial charge in [0.25, 0.3) is 0 Å². The summed E-state index contributed by atoms with van der Waals surface area (Å²) in [5.41, 5.74) is 2.44. The fourth-order valence-corrected chi connectivity index (χ4v) is 2.64. The van der Waals surface area contributed by atoms with Crippen LogP contribution < -0.4 is 5.32 Å². The van der Waals surface area contributed by atoms with Gasteiger partial charge in [0, 0.05) is 19.5 Å². The molecule has 1 heterocycles. The molecule has 0 radical (unpaired) electrons. The molecule has 1 amide bonds. The third-order valence-corrected chi connectivity index (χ3v) is 4.27. The molecule has 20 heavy (non-hydrogen) atoms. The van der Waals surface area contributed by atoms with Gasteiger partial charge in [-0.15, -0.1) is 0 Å². The molecule has 110 valence electrons. The fourth-order valence-electron chi connectivity index (χ4n) is 2.64. The van der Waals surface area contributed by atoms with Crippen LogP contribution in [0.3, 0.4) is 0 Å². The Balaban J connectivity index is 1.67. The molecule has 0 bridgehead atoms. The van der Waals surface area contributed by atoms with Gasteiger partial charge in [0.05, 0.1) is 0 Å². The van der Waals surface area contributed by atoms with Crippen LogP contribution in [0.4, 0.5) is 0 Å². The lowest BCUT2D eigenvalue weighted by atomic mass is 9.99. The van der Waals surface area contributed by atoms with E-state index in [1.54, 1.807) is 0 Å². The lowest BCUT2D eigenvalue weighted by molar-refractivity contribution is -0.121. The lowest BCUT2D eigenvalue weighted by Gasteiger charge is -2.29. The van der Waals surface area contributed by atoms with Crippen LogP contribution in [0.2, 0.25) is 0 Å². The number of hydrogen-bond donors (Lipinski definition) is 1. The molecule has 0 atom stereocenters. The van der Waals surface area contributed by atoms with E-state index in [9.17, 15) is 4.79 Å². The van der Waals surface area contributed by atoms with Crippen LogP contribution in [-0.4, -0.2) is 30.4 Å². The number of rotatable bonds is 5. The van der Waals surface area contributed by atoms with Crippen molar-refractivity contribution in [3.05, 3.63) is 35.4 Å². The van der Waals surface area contributed by atoms with Crippen molar-refractivity contribution < 1.29 is 4.79 Å². The minimum Gasteiger partial charge on any atom is -0.352 e. The van der Waals surface area contributed by atoms with Crippen molar-refractivity contribution in [2.75, 3.05) is 19.6 Å². The van der Waals surface area contributed by atoms with Crippen LogP contribution in [-0.2, 0) is 11.3 Å². The quantitative estimate of drug-likeness (QED) is 0.895. The van der Waals surface area contributed by atoms with Gasteiger partial charge in [-0.25, -0.2) is 0 Å². The number of nitrogens with zero attached hydrogens (tertiary/aromatic N) is 1. The Morgan fingerprint density at radius 3 is 2.70 bits per heavy atom. The highest BCUT2D eigenvalue weighted by atomic mass is 16.1. The zero-order valence-corrected chi connectivity index (χ0v) is 12.7. The molecule has 1 saturated heterocycles. The van der Waals surface area contributed by atoms with Crippen LogP contribution >= 0.6 is 0 Å². The van der Waals surface area contributed by atoms with Crippen molar-refractivity contribution >= 4 is 5.91 Å². The average Bonchev–Trinajstić information content (AvgIpc) is 2.46. The van der Waals surface area contributed by atoms with Crippen LogP contribution in [0.15, 0.2) is 24.3 Å². The molecule has 1 fully saturated rings. The summed E-state index contributed by atoms with van der Waals surface area (Å²) in [6, 6.07) is 8.19. The maximum atomic E-state index is 11.9. The lowest BCUT2D eigenvalue weighted by Crippen LogP contribution is -2.36. The minimum absolute atomic E-state index is 0.159. The van der Waals surface area contributed by atoms with E-state index >= 15 is 0 Å². The minimum atomic E-state index is 0.159. The summed E-state index contributed by atoms with van der Waals surface area (Å²) in [6.45, 7) is 8.22. The van der Waals surface area contributed by atoms with E-state index in [2.05, 4.69) is 36.2 Å². The Bertz CT molecular complexity index is 436. The Labute approximate surface area is 122 Å². The standard InChI is InChI=1S/C17H26N2O/c1-14-7-10-19(11-8-14)12-9-17(20)18-13-16-6-4-3-5-15(16)2/h3-6,14H,7-13H2,1-2H3,(H,18,20). The number of amides is 1. The third-order valence-electron chi connectivity index (χ3n) is 4.27. The molecule has 0 spiro atoms. The summed E-state index contributed by atoms with van der Waals surface area (Å²) in [5.74, 6) is 1.01. The first-order valence-corrected chi connectivity index (χ1v) is 7.68. The Hall–Kier alpha value is -1.35. The number of piperidine rings is 1. The van der Waals surface area contributed by atoms with Gasteiger partial charge in [-0.2, -0.15) is 0 Å². The fraction of sp³-hybridized carbons (Fsp3) is 0.588. The zero-order chi connectivity index (χ0) is 14.4. The molecular formula is C17H26N2O. The van der Waals surface area contributed by atoms with Gasteiger partial charge in [-0.05, 0) is 49.9 Å². The molecule has 0 unspecified atom stereocenters. The summed E-state index contributed by atoms with van der Waals surface area (Å²) in [7, 11) is 0. The van der Waals surface area contributed by atoms with E-state index in [1.807, 2.05) is 12.1 Å². The maximum Gasteiger partial charge on any atom is 0.221 e. The van der Waals surface area contributed by atoms with Crippen molar-refractivity contribution in [2.45, 2.75) is 39.7 Å². The molecule has 3 heteroatoms. The van der Waals surface area contributed by atoms with Crippen molar-refractivity contribution in [2.24, 2.45) is 5.92 Å². The average molecular weight is 274 g/mol. The number of likely N-dealkylation sites (tertiary alicyclic amines) is 1.